The fraction of sp³-hybridized carbons (Fsp3) is 0.379. The molecule has 0 aliphatic rings. The van der Waals surface area contributed by atoms with E-state index in [0.717, 1.165) is 18.7 Å². The third kappa shape index (κ3) is 9.68. The monoisotopic (exact) mass is 557 g/mol. The van der Waals surface area contributed by atoms with E-state index in [0.29, 0.717) is 11.4 Å². The van der Waals surface area contributed by atoms with Crippen LogP contribution in [0.4, 0.5) is 17.1 Å². The first-order chi connectivity index (χ1) is 18.3. The quantitative estimate of drug-likeness (QED) is 0.152. The van der Waals surface area contributed by atoms with Crippen LogP contribution in [0.2, 0.25) is 0 Å². The van der Waals surface area contributed by atoms with Crippen molar-refractivity contribution in [3.8, 4) is 0 Å². The van der Waals surface area contributed by atoms with E-state index in [4.69, 9.17) is 0 Å². The van der Waals surface area contributed by atoms with E-state index >= 15 is 0 Å². The van der Waals surface area contributed by atoms with Crippen molar-refractivity contribution >= 4 is 37.1 Å². The highest BCUT2D eigenvalue weighted by molar-refractivity contribution is 7.93. The summed E-state index contributed by atoms with van der Waals surface area (Å²) in [5, 5.41) is 3.36. The molecular formula is C29H39N3O4S2. The van der Waals surface area contributed by atoms with Gasteiger partial charge < -0.3 is 5.32 Å². The highest BCUT2D eigenvalue weighted by Crippen LogP contribution is 2.22. The number of rotatable bonds is 17. The van der Waals surface area contributed by atoms with Crippen molar-refractivity contribution in [3.63, 3.8) is 0 Å². The summed E-state index contributed by atoms with van der Waals surface area (Å²) < 4.78 is 55.6. The maximum absolute atomic E-state index is 12.8. The number of nitrogens with one attached hydrogen (secondary N) is 3. The Morgan fingerprint density at radius 2 is 0.921 bits per heavy atom. The van der Waals surface area contributed by atoms with E-state index in [1.54, 1.807) is 42.5 Å². The molecule has 0 saturated carbocycles. The van der Waals surface area contributed by atoms with E-state index < -0.39 is 20.0 Å². The minimum Gasteiger partial charge on any atom is -0.385 e. The maximum Gasteiger partial charge on any atom is 0.261 e. The van der Waals surface area contributed by atoms with Crippen LogP contribution in [-0.4, -0.2) is 23.4 Å². The molecular weight excluding hydrogens is 518 g/mol. The van der Waals surface area contributed by atoms with Gasteiger partial charge in [0.15, 0.2) is 0 Å². The highest BCUT2D eigenvalue weighted by Gasteiger charge is 2.16. The van der Waals surface area contributed by atoms with Gasteiger partial charge in [-0.15, -0.1) is 0 Å². The molecule has 3 aromatic rings. The first-order valence-electron chi connectivity index (χ1n) is 13.3. The summed E-state index contributed by atoms with van der Waals surface area (Å²) in [7, 11) is -7.50. The Morgan fingerprint density at radius 3 is 1.42 bits per heavy atom. The SMILES string of the molecule is CCCCCCCCCCCNc1ccc(S(=O)(=O)Nc2ccc(NS(=O)(=O)c3ccccc3)cc2)cc1. The van der Waals surface area contributed by atoms with Gasteiger partial charge in [0, 0.05) is 23.6 Å². The number of hydrogen-bond donors (Lipinski definition) is 3. The number of benzene rings is 3. The predicted octanol–water partition coefficient (Wildman–Crippen LogP) is 7.23. The van der Waals surface area contributed by atoms with Gasteiger partial charge in [0.25, 0.3) is 20.0 Å². The minimum atomic E-state index is -3.78. The van der Waals surface area contributed by atoms with Gasteiger partial charge in [0.1, 0.15) is 0 Å². The molecule has 38 heavy (non-hydrogen) atoms. The molecule has 0 atom stereocenters. The lowest BCUT2D eigenvalue weighted by Crippen LogP contribution is -2.14. The molecule has 0 spiro atoms. The Kier molecular flexibility index (Phi) is 11.5. The second-order valence-electron chi connectivity index (χ2n) is 9.38. The molecule has 0 radical (unpaired) electrons. The van der Waals surface area contributed by atoms with Crippen molar-refractivity contribution in [1.82, 2.24) is 0 Å². The molecule has 7 nitrogen and oxygen atoms in total. The lowest BCUT2D eigenvalue weighted by atomic mass is 10.1. The fourth-order valence-electron chi connectivity index (χ4n) is 4.05. The number of hydrogen-bond acceptors (Lipinski definition) is 5. The van der Waals surface area contributed by atoms with E-state index in [9.17, 15) is 16.8 Å². The van der Waals surface area contributed by atoms with Crippen LogP contribution in [0.3, 0.4) is 0 Å². The molecule has 0 amide bonds. The molecule has 206 valence electrons. The highest BCUT2D eigenvalue weighted by atomic mass is 32.2. The number of sulfonamides is 2. The molecule has 3 rings (SSSR count). The van der Waals surface area contributed by atoms with Crippen LogP contribution in [0.5, 0.6) is 0 Å². The zero-order valence-electron chi connectivity index (χ0n) is 22.0. The predicted molar refractivity (Wildman–Crippen MR) is 157 cm³/mol. The second-order valence-corrected chi connectivity index (χ2v) is 12.7. The van der Waals surface area contributed by atoms with Gasteiger partial charge >= 0.3 is 0 Å². The fourth-order valence-corrected chi connectivity index (χ4v) is 6.19. The Bertz CT molecular complexity index is 1310. The normalized spacial score (nSPS) is 11.7. The Hall–Kier alpha value is -3.04. The van der Waals surface area contributed by atoms with Gasteiger partial charge in [-0.25, -0.2) is 16.8 Å². The van der Waals surface area contributed by atoms with Crippen LogP contribution in [0, 0.1) is 0 Å². The average Bonchev–Trinajstić information content (AvgIpc) is 2.91. The largest absolute Gasteiger partial charge is 0.385 e. The minimum absolute atomic E-state index is 0.149. The van der Waals surface area contributed by atoms with Gasteiger partial charge in [-0.2, -0.15) is 0 Å². The van der Waals surface area contributed by atoms with Crippen LogP contribution in [-0.2, 0) is 20.0 Å². The van der Waals surface area contributed by atoms with E-state index in [-0.39, 0.29) is 9.79 Å². The van der Waals surface area contributed by atoms with Gasteiger partial charge in [-0.1, -0.05) is 76.5 Å². The lowest BCUT2D eigenvalue weighted by molar-refractivity contribution is 0.569. The summed E-state index contributed by atoms with van der Waals surface area (Å²) in [5.74, 6) is 0. The topological polar surface area (TPSA) is 104 Å². The van der Waals surface area contributed by atoms with Crippen LogP contribution in [0.25, 0.3) is 0 Å². The summed E-state index contributed by atoms with van der Waals surface area (Å²) in [6.45, 7) is 3.10. The van der Waals surface area contributed by atoms with Crippen LogP contribution in [0.1, 0.15) is 64.7 Å². The molecule has 0 saturated heterocycles. The van der Waals surface area contributed by atoms with Crippen molar-refractivity contribution in [3.05, 3.63) is 78.9 Å². The van der Waals surface area contributed by atoms with E-state index in [1.807, 2.05) is 0 Å². The second kappa shape index (κ2) is 14.8. The van der Waals surface area contributed by atoms with Gasteiger partial charge in [0.2, 0.25) is 0 Å². The van der Waals surface area contributed by atoms with Crippen molar-refractivity contribution < 1.29 is 16.8 Å². The smallest absolute Gasteiger partial charge is 0.261 e. The summed E-state index contributed by atoms with van der Waals surface area (Å²) in [4.78, 5) is 0.302. The third-order valence-electron chi connectivity index (χ3n) is 6.22. The molecule has 0 aliphatic carbocycles. The summed E-state index contributed by atoms with van der Waals surface area (Å²) in [5.41, 5.74) is 1.55. The molecule has 0 aromatic heterocycles. The maximum atomic E-state index is 12.8. The summed E-state index contributed by atoms with van der Waals surface area (Å²) >= 11 is 0. The van der Waals surface area contributed by atoms with Crippen LogP contribution < -0.4 is 14.8 Å². The van der Waals surface area contributed by atoms with Gasteiger partial charge in [0.05, 0.1) is 9.79 Å². The number of unbranched alkanes of at least 4 members (excludes halogenated alkanes) is 8. The molecule has 9 heteroatoms. The molecule has 0 aliphatic heterocycles. The van der Waals surface area contributed by atoms with E-state index in [2.05, 4.69) is 21.7 Å². The summed E-state index contributed by atoms with van der Waals surface area (Å²) in [6.07, 6.45) is 11.5. The lowest BCUT2D eigenvalue weighted by Gasteiger charge is -2.11. The first-order valence-corrected chi connectivity index (χ1v) is 16.3. The zero-order chi connectivity index (χ0) is 27.3. The van der Waals surface area contributed by atoms with Crippen molar-refractivity contribution in [2.24, 2.45) is 0 Å². The third-order valence-corrected chi connectivity index (χ3v) is 9.01. The van der Waals surface area contributed by atoms with Crippen molar-refractivity contribution in [2.45, 2.75) is 74.5 Å². The standard InChI is InChI=1S/C29H39N3O4S2/c1-2-3-4-5-6-7-8-9-13-24-30-25-20-22-29(23-21-25)38(35,36)32-27-18-16-26(17-19-27)31-37(33,34)28-14-11-10-12-15-28/h10-12,14-23,30-32H,2-9,13,24H2,1H3. The van der Waals surface area contributed by atoms with Crippen molar-refractivity contribution in [2.75, 3.05) is 21.3 Å². The van der Waals surface area contributed by atoms with Crippen LogP contribution in [0.15, 0.2) is 88.7 Å². The number of anilines is 3. The Balaban J connectivity index is 1.44. The van der Waals surface area contributed by atoms with E-state index in [1.165, 1.54) is 87.8 Å². The van der Waals surface area contributed by atoms with Crippen molar-refractivity contribution in [1.29, 1.82) is 0 Å². The molecule has 0 bridgehead atoms. The molecule has 0 fully saturated rings. The zero-order valence-corrected chi connectivity index (χ0v) is 23.7. The van der Waals surface area contributed by atoms with Gasteiger partial charge in [-0.3, -0.25) is 9.44 Å². The molecule has 0 unspecified atom stereocenters. The average molecular weight is 558 g/mol. The first kappa shape index (κ1) is 29.5. The Morgan fingerprint density at radius 1 is 0.500 bits per heavy atom. The molecule has 3 aromatic carbocycles. The molecule has 0 heterocycles. The Labute approximate surface area is 228 Å². The molecule has 3 N–H and O–H groups in total. The summed E-state index contributed by atoms with van der Waals surface area (Å²) in [6, 6.07) is 20.8. The van der Waals surface area contributed by atoms with Crippen LogP contribution >= 0.6 is 0 Å². The van der Waals surface area contributed by atoms with Gasteiger partial charge in [-0.05, 0) is 67.1 Å².